The van der Waals surface area contributed by atoms with Crippen molar-refractivity contribution in [3.63, 3.8) is 0 Å². The van der Waals surface area contributed by atoms with Gasteiger partial charge in [0.25, 0.3) is 5.91 Å². The van der Waals surface area contributed by atoms with Crippen molar-refractivity contribution in [3.8, 4) is 5.75 Å². The molecule has 0 aromatic heterocycles. The number of aliphatic carboxylic acids is 1. The van der Waals surface area contributed by atoms with Crippen LogP contribution in [0.25, 0.3) is 0 Å². The fourth-order valence-electron chi connectivity index (χ4n) is 4.78. The summed E-state index contributed by atoms with van der Waals surface area (Å²) in [5, 5.41) is 9.54. The van der Waals surface area contributed by atoms with E-state index in [2.05, 4.69) is 4.90 Å². The van der Waals surface area contributed by atoms with E-state index in [-0.39, 0.29) is 36.8 Å². The van der Waals surface area contributed by atoms with E-state index in [4.69, 9.17) is 21.4 Å². The number of benzene rings is 2. The molecule has 2 heterocycles. The van der Waals surface area contributed by atoms with Crippen LogP contribution in [-0.4, -0.2) is 58.6 Å². The number of likely N-dealkylation sites (tertiary alicyclic amines) is 1. The second-order valence-corrected chi connectivity index (χ2v) is 8.91. The van der Waals surface area contributed by atoms with Crippen molar-refractivity contribution in [1.82, 2.24) is 9.80 Å². The summed E-state index contributed by atoms with van der Waals surface area (Å²) < 4.78 is 18.9. The van der Waals surface area contributed by atoms with Crippen LogP contribution in [0, 0.1) is 5.82 Å². The molecule has 1 N–H and O–H groups in total. The number of hydrogen-bond donors (Lipinski definition) is 1. The van der Waals surface area contributed by atoms with E-state index in [0.29, 0.717) is 16.3 Å². The minimum Gasteiger partial charge on any atom is -0.483 e. The Hall–Kier alpha value is -2.64. The van der Waals surface area contributed by atoms with E-state index in [9.17, 15) is 14.0 Å². The minimum absolute atomic E-state index is 0.0858. The number of carboxylic acid groups (broad SMARTS) is 1. The smallest absolute Gasteiger partial charge is 0.307 e. The molecule has 6 nitrogen and oxygen atoms in total. The second kappa shape index (κ2) is 9.88. The molecule has 8 heteroatoms. The Morgan fingerprint density at radius 1 is 1.09 bits per heavy atom. The quantitative estimate of drug-likeness (QED) is 0.681. The molecular weight excluding hydrogens is 435 g/mol. The summed E-state index contributed by atoms with van der Waals surface area (Å²) in [6.07, 6.45) is 2.74. The Bertz CT molecular complexity index is 970. The molecule has 32 heavy (non-hydrogen) atoms. The van der Waals surface area contributed by atoms with Crippen LogP contribution < -0.4 is 4.74 Å². The van der Waals surface area contributed by atoms with Gasteiger partial charge in [0.05, 0.1) is 6.42 Å². The van der Waals surface area contributed by atoms with Gasteiger partial charge in [0, 0.05) is 42.3 Å². The van der Waals surface area contributed by atoms with Crippen molar-refractivity contribution in [2.24, 2.45) is 0 Å². The molecule has 2 atom stereocenters. The van der Waals surface area contributed by atoms with E-state index >= 15 is 0 Å². The van der Waals surface area contributed by atoms with Crippen LogP contribution >= 0.6 is 11.6 Å². The normalized spacial score (nSPS) is 20.8. The molecule has 1 amide bonds. The fourth-order valence-corrected chi connectivity index (χ4v) is 4.98. The van der Waals surface area contributed by atoms with Gasteiger partial charge in [-0.15, -0.1) is 0 Å². The predicted octanol–water partition coefficient (Wildman–Crippen LogP) is 3.75. The molecule has 2 aromatic carbocycles. The lowest BCUT2D eigenvalue weighted by Gasteiger charge is -2.50. The van der Waals surface area contributed by atoms with Gasteiger partial charge < -0.3 is 14.7 Å². The summed E-state index contributed by atoms with van der Waals surface area (Å²) >= 11 is 5.98. The highest BCUT2D eigenvalue weighted by Gasteiger charge is 2.40. The lowest BCUT2D eigenvalue weighted by Crippen LogP contribution is -2.63. The number of carbonyl (C=O) groups is 2. The number of carbonyl (C=O) groups excluding carboxylic acids is 1. The zero-order valence-corrected chi connectivity index (χ0v) is 18.4. The van der Waals surface area contributed by atoms with Crippen LogP contribution in [0.5, 0.6) is 5.75 Å². The Labute approximate surface area is 191 Å². The fraction of sp³-hybridized carbons (Fsp3) is 0.417. The van der Waals surface area contributed by atoms with Gasteiger partial charge in [-0.25, -0.2) is 4.39 Å². The van der Waals surface area contributed by atoms with Crippen LogP contribution in [-0.2, 0) is 22.6 Å². The maximum absolute atomic E-state index is 13.2. The average molecular weight is 461 g/mol. The molecule has 2 fully saturated rings. The number of ether oxygens (including phenoxy) is 1. The summed E-state index contributed by atoms with van der Waals surface area (Å²) in [5.74, 6) is -0.953. The maximum Gasteiger partial charge on any atom is 0.307 e. The van der Waals surface area contributed by atoms with Crippen LogP contribution in [0.15, 0.2) is 42.5 Å². The number of nitrogens with zero attached hydrogens (tertiary/aromatic N) is 2. The third kappa shape index (κ3) is 5.40. The molecule has 2 aliphatic heterocycles. The maximum atomic E-state index is 13.2. The van der Waals surface area contributed by atoms with Gasteiger partial charge in [0.15, 0.2) is 6.61 Å². The lowest BCUT2D eigenvalue weighted by atomic mass is 9.91. The number of piperidine rings is 1. The first-order valence-corrected chi connectivity index (χ1v) is 11.2. The van der Waals surface area contributed by atoms with Gasteiger partial charge in [-0.2, -0.15) is 0 Å². The highest BCUT2D eigenvalue weighted by Crippen LogP contribution is 2.30. The molecule has 2 aliphatic rings. The molecule has 2 saturated heterocycles. The molecule has 0 saturated carbocycles. The molecular formula is C24H26ClFN2O4. The van der Waals surface area contributed by atoms with Gasteiger partial charge in [0.1, 0.15) is 11.6 Å². The van der Waals surface area contributed by atoms with E-state index in [1.807, 2.05) is 4.90 Å². The van der Waals surface area contributed by atoms with Crippen molar-refractivity contribution in [2.75, 3.05) is 19.7 Å². The summed E-state index contributed by atoms with van der Waals surface area (Å²) in [6, 6.07) is 11.6. The number of carboxylic acids is 1. The topological polar surface area (TPSA) is 70.1 Å². The Morgan fingerprint density at radius 3 is 2.44 bits per heavy atom. The largest absolute Gasteiger partial charge is 0.483 e. The first kappa shape index (κ1) is 22.6. The Balaban J connectivity index is 1.39. The van der Waals surface area contributed by atoms with Crippen molar-refractivity contribution in [1.29, 1.82) is 0 Å². The average Bonchev–Trinajstić information content (AvgIpc) is 2.73. The highest BCUT2D eigenvalue weighted by atomic mass is 35.5. The standard InChI is InChI=1S/C24H26ClFN2O4/c25-18-6-9-22(17(10-18)11-24(30)31)32-15-23(29)28-20-2-1-3-21(28)14-27(13-20)12-16-4-7-19(26)8-5-16/h4-10,20-21H,1-3,11-15H2,(H,30,31). The van der Waals surface area contributed by atoms with Crippen LogP contribution in [0.4, 0.5) is 4.39 Å². The molecule has 4 rings (SSSR count). The monoisotopic (exact) mass is 460 g/mol. The first-order valence-electron chi connectivity index (χ1n) is 10.8. The predicted molar refractivity (Wildman–Crippen MR) is 118 cm³/mol. The number of halogens is 2. The van der Waals surface area contributed by atoms with Gasteiger partial charge in [-0.05, 0) is 55.2 Å². The summed E-state index contributed by atoms with van der Waals surface area (Å²) in [6.45, 7) is 2.13. The van der Waals surface area contributed by atoms with E-state index < -0.39 is 5.97 Å². The zero-order chi connectivity index (χ0) is 22.7. The summed E-state index contributed by atoms with van der Waals surface area (Å²) in [7, 11) is 0. The first-order chi connectivity index (χ1) is 15.4. The molecule has 0 spiro atoms. The molecule has 170 valence electrons. The SMILES string of the molecule is O=C(O)Cc1cc(Cl)ccc1OCC(=O)N1C2CCCC1CN(Cc1ccc(F)cc1)C2. The third-order valence-corrected chi connectivity index (χ3v) is 6.36. The molecule has 2 bridgehead atoms. The Morgan fingerprint density at radius 2 is 1.78 bits per heavy atom. The van der Waals surface area contributed by atoms with Gasteiger partial charge in [-0.1, -0.05) is 23.7 Å². The lowest BCUT2D eigenvalue weighted by molar-refractivity contribution is -0.145. The number of fused-ring (bicyclic) bond motifs is 2. The van der Waals surface area contributed by atoms with E-state index in [0.717, 1.165) is 44.5 Å². The van der Waals surface area contributed by atoms with Crippen molar-refractivity contribution >= 4 is 23.5 Å². The van der Waals surface area contributed by atoms with Crippen LogP contribution in [0.2, 0.25) is 5.02 Å². The van der Waals surface area contributed by atoms with Gasteiger partial charge >= 0.3 is 5.97 Å². The number of hydrogen-bond acceptors (Lipinski definition) is 4. The zero-order valence-electron chi connectivity index (χ0n) is 17.7. The summed E-state index contributed by atoms with van der Waals surface area (Å²) in [5.41, 5.74) is 1.50. The minimum atomic E-state index is -0.991. The second-order valence-electron chi connectivity index (χ2n) is 8.47. The Kier molecular flexibility index (Phi) is 6.96. The van der Waals surface area contributed by atoms with Crippen molar-refractivity contribution in [3.05, 3.63) is 64.4 Å². The summed E-state index contributed by atoms with van der Waals surface area (Å²) in [4.78, 5) is 28.5. The number of rotatable bonds is 7. The molecule has 2 unspecified atom stereocenters. The van der Waals surface area contributed by atoms with Crippen molar-refractivity contribution in [2.45, 2.75) is 44.3 Å². The van der Waals surface area contributed by atoms with Gasteiger partial charge in [0.2, 0.25) is 0 Å². The molecule has 0 radical (unpaired) electrons. The number of amides is 1. The molecule has 2 aromatic rings. The van der Waals surface area contributed by atoms with Crippen LogP contribution in [0.1, 0.15) is 30.4 Å². The molecule has 0 aliphatic carbocycles. The van der Waals surface area contributed by atoms with Crippen molar-refractivity contribution < 1.29 is 23.8 Å². The van der Waals surface area contributed by atoms with Crippen LogP contribution in [0.3, 0.4) is 0 Å². The van der Waals surface area contributed by atoms with Gasteiger partial charge in [-0.3, -0.25) is 14.5 Å². The number of piperazine rings is 1. The van der Waals surface area contributed by atoms with E-state index in [1.54, 1.807) is 30.3 Å². The van der Waals surface area contributed by atoms with E-state index in [1.165, 1.54) is 12.1 Å². The highest BCUT2D eigenvalue weighted by molar-refractivity contribution is 6.30. The third-order valence-electron chi connectivity index (χ3n) is 6.12.